The zero-order chi connectivity index (χ0) is 30.5. The highest BCUT2D eigenvalue weighted by Gasteiger charge is 2.33. The number of carboxylic acid groups (broad SMARTS) is 1. The summed E-state index contributed by atoms with van der Waals surface area (Å²) in [6.45, 7) is 1.96. The van der Waals surface area contributed by atoms with E-state index in [1.54, 1.807) is 31.2 Å². The monoisotopic (exact) mass is 593 g/mol. The fourth-order valence-corrected chi connectivity index (χ4v) is 3.35. The van der Waals surface area contributed by atoms with Crippen LogP contribution in [-0.2, 0) is 20.7 Å². The lowest BCUT2D eigenvalue weighted by Crippen LogP contribution is -2.39. The summed E-state index contributed by atoms with van der Waals surface area (Å²) in [4.78, 5) is 25.2. The first-order valence-electron chi connectivity index (χ1n) is 12.6. The first-order chi connectivity index (χ1) is 19.3. The van der Waals surface area contributed by atoms with Gasteiger partial charge in [-0.1, -0.05) is 24.3 Å². The standard InChI is InChI=1S/C27H32F5NO8/c1-3-38-23(24(34)35)18-19-8-10-20(11-9-19)39-17-14-33(13-16-37-15-12-26(2,28)29)25(36)40-21-6-4-5-7-22(21)41-27(30,31)32/h4-11,23H,3,12-18H2,1-2H3,(H,34,35). The lowest BCUT2D eigenvalue weighted by molar-refractivity contribution is -0.275. The molecule has 2 aromatic carbocycles. The fraction of sp³-hybridized carbons (Fsp3) is 0.481. The van der Waals surface area contributed by atoms with E-state index in [0.29, 0.717) is 11.3 Å². The maximum absolute atomic E-state index is 13.0. The molecule has 1 amide bonds. The van der Waals surface area contributed by atoms with E-state index in [4.69, 9.17) is 18.9 Å². The third-order valence-corrected chi connectivity index (χ3v) is 5.34. The first-order valence-corrected chi connectivity index (χ1v) is 12.6. The molecule has 1 atom stereocenters. The maximum atomic E-state index is 13.0. The van der Waals surface area contributed by atoms with Crippen LogP contribution in [0.1, 0.15) is 25.8 Å². The number of nitrogens with zero attached hydrogens (tertiary/aromatic N) is 1. The predicted octanol–water partition coefficient (Wildman–Crippen LogP) is 5.56. The number of aliphatic carboxylic acids is 1. The number of hydrogen-bond donors (Lipinski definition) is 1. The lowest BCUT2D eigenvalue weighted by atomic mass is 10.1. The topological polar surface area (TPSA) is 104 Å². The highest BCUT2D eigenvalue weighted by atomic mass is 19.4. The number of rotatable bonds is 17. The van der Waals surface area contributed by atoms with Crippen LogP contribution in [-0.4, -0.2) is 80.0 Å². The summed E-state index contributed by atoms with van der Waals surface area (Å²) in [5.41, 5.74) is 0.693. The molecule has 14 heteroatoms. The van der Waals surface area contributed by atoms with E-state index in [1.807, 2.05) is 0 Å². The van der Waals surface area contributed by atoms with Gasteiger partial charge in [-0.05, 0) is 43.7 Å². The Bertz CT molecular complexity index is 1090. The highest BCUT2D eigenvalue weighted by Crippen LogP contribution is 2.32. The summed E-state index contributed by atoms with van der Waals surface area (Å²) >= 11 is 0. The van der Waals surface area contributed by atoms with Gasteiger partial charge in [-0.3, -0.25) is 0 Å². The van der Waals surface area contributed by atoms with Crippen LogP contribution >= 0.6 is 0 Å². The Morgan fingerprint density at radius 3 is 2.15 bits per heavy atom. The summed E-state index contributed by atoms with van der Waals surface area (Å²) in [5.74, 6) is -4.81. The van der Waals surface area contributed by atoms with Gasteiger partial charge in [-0.25, -0.2) is 18.4 Å². The van der Waals surface area contributed by atoms with Crippen LogP contribution < -0.4 is 14.2 Å². The molecular weight excluding hydrogens is 561 g/mol. The number of hydrogen-bond acceptors (Lipinski definition) is 7. The van der Waals surface area contributed by atoms with Crippen molar-refractivity contribution in [2.45, 2.75) is 45.1 Å². The quantitative estimate of drug-likeness (QED) is 0.188. The Morgan fingerprint density at radius 2 is 1.56 bits per heavy atom. The third kappa shape index (κ3) is 13.5. The van der Waals surface area contributed by atoms with Gasteiger partial charge in [-0.15, -0.1) is 13.2 Å². The molecule has 0 heterocycles. The zero-order valence-electron chi connectivity index (χ0n) is 22.5. The molecule has 0 bridgehead atoms. The normalized spacial score (nSPS) is 12.5. The van der Waals surface area contributed by atoms with Crippen molar-refractivity contribution in [3.63, 3.8) is 0 Å². The summed E-state index contributed by atoms with van der Waals surface area (Å²) in [7, 11) is 0. The average molecular weight is 594 g/mol. The molecule has 0 fully saturated rings. The van der Waals surface area contributed by atoms with Gasteiger partial charge in [0.15, 0.2) is 17.6 Å². The number of alkyl halides is 5. The summed E-state index contributed by atoms with van der Waals surface area (Å²) in [6, 6.07) is 11.2. The van der Waals surface area contributed by atoms with Crippen molar-refractivity contribution in [3.05, 3.63) is 54.1 Å². The molecule has 1 unspecified atom stereocenters. The predicted molar refractivity (Wildman–Crippen MR) is 135 cm³/mol. The fourth-order valence-electron chi connectivity index (χ4n) is 3.35. The highest BCUT2D eigenvalue weighted by molar-refractivity contribution is 5.73. The van der Waals surface area contributed by atoms with Crippen LogP contribution in [0.5, 0.6) is 17.2 Å². The lowest BCUT2D eigenvalue weighted by Gasteiger charge is -2.23. The van der Waals surface area contributed by atoms with Crippen molar-refractivity contribution >= 4 is 12.1 Å². The minimum Gasteiger partial charge on any atom is -0.492 e. The molecule has 2 rings (SSSR count). The molecule has 9 nitrogen and oxygen atoms in total. The molecule has 0 aromatic heterocycles. The number of ether oxygens (including phenoxy) is 5. The zero-order valence-corrected chi connectivity index (χ0v) is 22.5. The molecule has 0 aliphatic rings. The third-order valence-electron chi connectivity index (χ3n) is 5.34. The van der Waals surface area contributed by atoms with E-state index in [2.05, 4.69) is 4.74 Å². The van der Waals surface area contributed by atoms with Gasteiger partial charge in [-0.2, -0.15) is 0 Å². The molecule has 0 aliphatic carbocycles. The molecule has 41 heavy (non-hydrogen) atoms. The van der Waals surface area contributed by atoms with E-state index in [1.165, 1.54) is 12.1 Å². The van der Waals surface area contributed by atoms with Crippen LogP contribution in [0.2, 0.25) is 0 Å². The number of carbonyl (C=O) groups excluding carboxylic acids is 1. The number of benzene rings is 2. The van der Waals surface area contributed by atoms with Crippen molar-refractivity contribution in [2.24, 2.45) is 0 Å². The van der Waals surface area contributed by atoms with Gasteiger partial charge in [0.1, 0.15) is 12.4 Å². The van der Waals surface area contributed by atoms with Crippen LogP contribution in [0.25, 0.3) is 0 Å². The smallest absolute Gasteiger partial charge is 0.492 e. The number of para-hydroxylation sites is 2. The van der Waals surface area contributed by atoms with E-state index >= 15 is 0 Å². The molecule has 0 radical (unpaired) electrons. The van der Waals surface area contributed by atoms with E-state index < -0.39 is 48.4 Å². The van der Waals surface area contributed by atoms with Gasteiger partial charge < -0.3 is 33.7 Å². The van der Waals surface area contributed by atoms with E-state index in [-0.39, 0.29) is 45.9 Å². The Labute approximate surface area is 233 Å². The SMILES string of the molecule is CCOC(Cc1ccc(OCCN(CCOCCC(C)(F)F)C(=O)Oc2ccccc2OC(F)(F)F)cc1)C(=O)O. The van der Waals surface area contributed by atoms with Crippen molar-refractivity contribution in [3.8, 4) is 17.2 Å². The summed E-state index contributed by atoms with van der Waals surface area (Å²) in [5, 5.41) is 9.23. The summed E-state index contributed by atoms with van der Waals surface area (Å²) in [6.07, 6.45) is -7.44. The second kappa shape index (κ2) is 16.0. The van der Waals surface area contributed by atoms with E-state index in [9.17, 15) is 36.6 Å². The second-order valence-electron chi connectivity index (χ2n) is 8.76. The van der Waals surface area contributed by atoms with Crippen molar-refractivity contribution in [1.29, 1.82) is 0 Å². The van der Waals surface area contributed by atoms with Gasteiger partial charge in [0.25, 0.3) is 0 Å². The Hall–Kier alpha value is -3.65. The van der Waals surface area contributed by atoms with E-state index in [0.717, 1.165) is 24.0 Å². The van der Waals surface area contributed by atoms with Crippen molar-refractivity contribution in [1.82, 2.24) is 4.90 Å². The minimum absolute atomic E-state index is 0.0706. The molecule has 0 aliphatic heterocycles. The molecule has 1 N–H and O–H groups in total. The van der Waals surface area contributed by atoms with Gasteiger partial charge >= 0.3 is 18.4 Å². The molecule has 2 aromatic rings. The van der Waals surface area contributed by atoms with Crippen LogP contribution in [0.4, 0.5) is 26.7 Å². The van der Waals surface area contributed by atoms with Crippen molar-refractivity contribution < 1.29 is 60.3 Å². The molecule has 0 spiro atoms. The first kappa shape index (κ1) is 33.6. The van der Waals surface area contributed by atoms with Crippen LogP contribution in [0.3, 0.4) is 0 Å². The van der Waals surface area contributed by atoms with Gasteiger partial charge in [0.05, 0.1) is 19.8 Å². The van der Waals surface area contributed by atoms with Crippen molar-refractivity contribution in [2.75, 3.05) is 39.5 Å². The Kier molecular flexibility index (Phi) is 13.1. The Morgan fingerprint density at radius 1 is 0.927 bits per heavy atom. The van der Waals surface area contributed by atoms with Gasteiger partial charge in [0.2, 0.25) is 5.92 Å². The number of amides is 1. The maximum Gasteiger partial charge on any atom is 0.573 e. The van der Waals surface area contributed by atoms with Crippen LogP contribution in [0.15, 0.2) is 48.5 Å². The molecule has 0 saturated heterocycles. The minimum atomic E-state index is -5.02. The molecule has 228 valence electrons. The van der Waals surface area contributed by atoms with Gasteiger partial charge in [0, 0.05) is 26.0 Å². The number of carbonyl (C=O) groups is 2. The largest absolute Gasteiger partial charge is 0.573 e. The van der Waals surface area contributed by atoms with Crippen LogP contribution in [0, 0.1) is 0 Å². The molecular formula is C27H32F5NO8. The summed E-state index contributed by atoms with van der Waals surface area (Å²) < 4.78 is 89.3. The number of carboxylic acids is 1. The average Bonchev–Trinajstić information content (AvgIpc) is 2.87. The molecule has 0 saturated carbocycles. The Balaban J connectivity index is 2.01. The number of halogens is 5. The second-order valence-corrected chi connectivity index (χ2v) is 8.76.